The minimum absolute atomic E-state index is 0.195. The highest BCUT2D eigenvalue weighted by Crippen LogP contribution is 2.28. The van der Waals surface area contributed by atoms with Crippen molar-refractivity contribution in [3.63, 3.8) is 0 Å². The van der Waals surface area contributed by atoms with Crippen molar-refractivity contribution in [2.45, 2.75) is 40.5 Å². The van der Waals surface area contributed by atoms with E-state index < -0.39 is 22.1 Å². The van der Waals surface area contributed by atoms with Crippen LogP contribution in [0.2, 0.25) is 0 Å². The highest BCUT2D eigenvalue weighted by atomic mass is 19.1. The summed E-state index contributed by atoms with van der Waals surface area (Å²) in [5.74, 6) is -0.299. The number of non-ortho nitro benzene ring substituents is 1. The van der Waals surface area contributed by atoms with Crippen LogP contribution in [0.15, 0.2) is 36.4 Å². The number of aryl methyl sites for hydroxylation is 2. The summed E-state index contributed by atoms with van der Waals surface area (Å²) in [6, 6.07) is 9.03. The number of rotatable bonds is 8. The molecule has 0 radical (unpaired) electrons. The normalized spacial score (nSPS) is 11.2. The number of nitro benzene ring substituents is 1. The predicted molar refractivity (Wildman–Crippen MR) is 106 cm³/mol. The van der Waals surface area contributed by atoms with E-state index in [1.165, 1.54) is 0 Å². The van der Waals surface area contributed by atoms with Crippen LogP contribution < -0.4 is 10.1 Å². The Hall–Kier alpha value is -2.96. The molecular formula is C21H25FN2O4. The van der Waals surface area contributed by atoms with Crippen molar-refractivity contribution in [1.82, 2.24) is 0 Å². The molecule has 0 spiro atoms. The second-order valence-corrected chi connectivity index (χ2v) is 7.48. The quantitative estimate of drug-likeness (QED) is 0.384. The molecule has 0 aliphatic heterocycles. The number of nitro groups is 1. The summed E-state index contributed by atoms with van der Waals surface area (Å²) >= 11 is 0. The van der Waals surface area contributed by atoms with Gasteiger partial charge in [0.1, 0.15) is 11.6 Å². The lowest BCUT2D eigenvalue weighted by Gasteiger charge is -2.23. The van der Waals surface area contributed by atoms with Crippen LogP contribution in [0.25, 0.3) is 0 Å². The molecule has 2 aromatic carbocycles. The van der Waals surface area contributed by atoms with Crippen LogP contribution in [0, 0.1) is 35.2 Å². The second-order valence-electron chi connectivity index (χ2n) is 7.48. The van der Waals surface area contributed by atoms with Crippen molar-refractivity contribution in [2.75, 3.05) is 11.9 Å². The minimum atomic E-state index is -0.790. The zero-order valence-electron chi connectivity index (χ0n) is 16.5. The van der Waals surface area contributed by atoms with Crippen molar-refractivity contribution in [2.24, 2.45) is 5.41 Å². The van der Waals surface area contributed by atoms with Gasteiger partial charge in [0.05, 0.1) is 17.2 Å². The van der Waals surface area contributed by atoms with Gasteiger partial charge in [0, 0.05) is 17.5 Å². The Morgan fingerprint density at radius 1 is 1.21 bits per heavy atom. The number of halogens is 1. The number of carbonyl (C=O) groups is 1. The van der Waals surface area contributed by atoms with Crippen molar-refractivity contribution in [3.8, 4) is 5.75 Å². The number of ether oxygens (including phenoxy) is 1. The molecule has 7 heteroatoms. The molecule has 1 N–H and O–H groups in total. The first-order valence-corrected chi connectivity index (χ1v) is 9.05. The van der Waals surface area contributed by atoms with Gasteiger partial charge in [-0.2, -0.15) is 0 Å². The third kappa shape index (κ3) is 5.52. The highest BCUT2D eigenvalue weighted by molar-refractivity contribution is 5.95. The molecule has 2 aromatic rings. The van der Waals surface area contributed by atoms with Gasteiger partial charge in [0.15, 0.2) is 0 Å². The van der Waals surface area contributed by atoms with Crippen LogP contribution in [0.5, 0.6) is 5.75 Å². The Bertz CT molecular complexity index is 881. The van der Waals surface area contributed by atoms with E-state index in [2.05, 4.69) is 5.32 Å². The van der Waals surface area contributed by atoms with Crippen LogP contribution in [0.3, 0.4) is 0 Å². The zero-order chi connectivity index (χ0) is 20.9. The molecule has 0 fully saturated rings. The fourth-order valence-electron chi connectivity index (χ4n) is 2.69. The number of hydrogen-bond acceptors (Lipinski definition) is 4. The molecule has 2 rings (SSSR count). The van der Waals surface area contributed by atoms with E-state index in [-0.39, 0.29) is 11.4 Å². The molecule has 0 atom stereocenters. The molecular weight excluding hydrogens is 363 g/mol. The average Bonchev–Trinajstić information content (AvgIpc) is 2.63. The fraction of sp³-hybridized carbons (Fsp3) is 0.381. The summed E-state index contributed by atoms with van der Waals surface area (Å²) in [6.07, 6.45) is 1.14. The van der Waals surface area contributed by atoms with Crippen LogP contribution >= 0.6 is 0 Å². The van der Waals surface area contributed by atoms with E-state index in [0.29, 0.717) is 19.4 Å². The third-order valence-electron chi connectivity index (χ3n) is 4.57. The molecule has 0 unspecified atom stereocenters. The van der Waals surface area contributed by atoms with Gasteiger partial charge in [0.25, 0.3) is 5.69 Å². The topological polar surface area (TPSA) is 81.5 Å². The first-order valence-electron chi connectivity index (χ1n) is 9.05. The number of nitrogens with one attached hydrogen (secondary N) is 1. The van der Waals surface area contributed by atoms with E-state index in [1.807, 2.05) is 32.0 Å². The van der Waals surface area contributed by atoms with Gasteiger partial charge in [-0.05, 0) is 49.9 Å². The Morgan fingerprint density at radius 2 is 1.93 bits per heavy atom. The number of anilines is 1. The molecule has 0 heterocycles. The third-order valence-corrected chi connectivity index (χ3v) is 4.57. The fourth-order valence-corrected chi connectivity index (χ4v) is 2.69. The van der Waals surface area contributed by atoms with Crippen molar-refractivity contribution in [3.05, 3.63) is 63.5 Å². The van der Waals surface area contributed by atoms with Gasteiger partial charge >= 0.3 is 0 Å². The Balaban J connectivity index is 1.93. The molecule has 150 valence electrons. The van der Waals surface area contributed by atoms with E-state index >= 15 is 0 Å². The predicted octanol–water partition coefficient (Wildman–Crippen LogP) is 5.17. The Morgan fingerprint density at radius 3 is 2.61 bits per heavy atom. The van der Waals surface area contributed by atoms with Crippen LogP contribution in [-0.2, 0) is 4.79 Å². The Labute approximate surface area is 163 Å². The minimum Gasteiger partial charge on any atom is -0.493 e. The zero-order valence-corrected chi connectivity index (χ0v) is 16.5. The lowest BCUT2D eigenvalue weighted by molar-refractivity contribution is -0.384. The van der Waals surface area contributed by atoms with Crippen LogP contribution in [-0.4, -0.2) is 17.4 Å². The molecule has 6 nitrogen and oxygen atoms in total. The van der Waals surface area contributed by atoms with Crippen molar-refractivity contribution >= 4 is 17.3 Å². The maximum absolute atomic E-state index is 13.9. The number of nitrogens with zero attached hydrogens (tertiary/aromatic N) is 1. The number of hydrogen-bond donors (Lipinski definition) is 1. The number of amides is 1. The van der Waals surface area contributed by atoms with Gasteiger partial charge in [-0.3, -0.25) is 14.9 Å². The van der Waals surface area contributed by atoms with Crippen molar-refractivity contribution < 1.29 is 18.8 Å². The molecule has 0 saturated carbocycles. The summed E-state index contributed by atoms with van der Waals surface area (Å²) in [5.41, 5.74) is 0.889. The number of carbonyl (C=O) groups excluding carboxylic acids is 1. The van der Waals surface area contributed by atoms with Gasteiger partial charge in [-0.1, -0.05) is 26.0 Å². The van der Waals surface area contributed by atoms with Gasteiger partial charge in [0.2, 0.25) is 5.91 Å². The smallest absolute Gasteiger partial charge is 0.271 e. The lowest BCUT2D eigenvalue weighted by atomic mass is 9.87. The van der Waals surface area contributed by atoms with E-state index in [1.54, 1.807) is 13.8 Å². The average molecular weight is 388 g/mol. The van der Waals surface area contributed by atoms with E-state index in [9.17, 15) is 19.3 Å². The maximum atomic E-state index is 13.9. The SMILES string of the molecule is Cc1ccc(C)c(OCCCC(C)(C)C(=O)Nc2cc([N+](=O)[O-])ccc2F)c1. The summed E-state index contributed by atoms with van der Waals surface area (Å²) in [5, 5.41) is 13.3. The number of benzene rings is 2. The molecule has 28 heavy (non-hydrogen) atoms. The van der Waals surface area contributed by atoms with E-state index in [4.69, 9.17) is 4.74 Å². The standard InChI is InChI=1S/C21H25FN2O4/c1-14-6-7-15(2)19(12-14)28-11-5-10-21(3,4)20(25)23-18-13-16(24(26)27)8-9-17(18)22/h6-9,12-13H,5,10-11H2,1-4H3,(H,23,25). The second kappa shape index (κ2) is 8.82. The summed E-state index contributed by atoms with van der Waals surface area (Å²) < 4.78 is 19.7. The van der Waals surface area contributed by atoms with Crippen LogP contribution in [0.4, 0.5) is 15.8 Å². The molecule has 0 saturated heterocycles. The maximum Gasteiger partial charge on any atom is 0.271 e. The Kier molecular flexibility index (Phi) is 6.72. The molecule has 0 aliphatic carbocycles. The van der Waals surface area contributed by atoms with E-state index in [0.717, 1.165) is 35.1 Å². The van der Waals surface area contributed by atoms with Gasteiger partial charge < -0.3 is 10.1 Å². The largest absolute Gasteiger partial charge is 0.493 e. The summed E-state index contributed by atoms with van der Waals surface area (Å²) in [6.45, 7) is 7.91. The first-order chi connectivity index (χ1) is 13.1. The van der Waals surface area contributed by atoms with Gasteiger partial charge in [-0.15, -0.1) is 0 Å². The molecule has 0 aromatic heterocycles. The monoisotopic (exact) mass is 388 g/mol. The molecule has 1 amide bonds. The molecule has 0 aliphatic rings. The summed E-state index contributed by atoms with van der Waals surface area (Å²) in [4.78, 5) is 22.7. The van der Waals surface area contributed by atoms with Crippen LogP contribution in [0.1, 0.15) is 37.8 Å². The molecule has 0 bridgehead atoms. The highest BCUT2D eigenvalue weighted by Gasteiger charge is 2.28. The first kappa shape index (κ1) is 21.3. The lowest BCUT2D eigenvalue weighted by Crippen LogP contribution is -2.31. The van der Waals surface area contributed by atoms with Gasteiger partial charge in [-0.25, -0.2) is 4.39 Å². The summed E-state index contributed by atoms with van der Waals surface area (Å²) in [7, 11) is 0. The van der Waals surface area contributed by atoms with Crippen molar-refractivity contribution in [1.29, 1.82) is 0 Å².